The number of rotatable bonds is 2. The monoisotopic (exact) mass is 241 g/mol. The van der Waals surface area contributed by atoms with E-state index in [4.69, 9.17) is 26.8 Å². The molecule has 1 saturated heterocycles. The molecule has 0 aromatic heterocycles. The fourth-order valence-electron chi connectivity index (χ4n) is 1.51. The third-order valence-corrected chi connectivity index (χ3v) is 2.72. The van der Waals surface area contributed by atoms with Gasteiger partial charge in [-0.25, -0.2) is 0 Å². The first-order valence-corrected chi connectivity index (χ1v) is 5.35. The second-order valence-corrected chi connectivity index (χ2v) is 3.94. The standard InChI is InChI=1S/C11H12ClNO3/c12-8-5-7(1-2-9(8)13)11(14)10-6-15-3-4-16-10/h1-2,5,10H,3-4,6,13H2. The molecule has 0 radical (unpaired) electrons. The highest BCUT2D eigenvalue weighted by atomic mass is 35.5. The van der Waals surface area contributed by atoms with Crippen molar-refractivity contribution < 1.29 is 14.3 Å². The van der Waals surface area contributed by atoms with Crippen LogP contribution in [0.25, 0.3) is 0 Å². The number of ketones is 1. The number of nitrogen functional groups attached to an aromatic ring is 1. The number of carbonyl (C=O) groups excluding carboxylic acids is 1. The van der Waals surface area contributed by atoms with Gasteiger partial charge in [0.1, 0.15) is 6.10 Å². The van der Waals surface area contributed by atoms with E-state index in [9.17, 15) is 4.79 Å². The van der Waals surface area contributed by atoms with Crippen LogP contribution in [0.5, 0.6) is 0 Å². The Bertz CT molecular complexity index is 402. The molecule has 2 N–H and O–H groups in total. The van der Waals surface area contributed by atoms with Crippen LogP contribution in [0.15, 0.2) is 18.2 Å². The predicted molar refractivity (Wildman–Crippen MR) is 60.8 cm³/mol. The van der Waals surface area contributed by atoms with Crippen molar-refractivity contribution in [3.8, 4) is 0 Å². The van der Waals surface area contributed by atoms with Gasteiger partial charge in [-0.05, 0) is 18.2 Å². The van der Waals surface area contributed by atoms with Crippen molar-refractivity contribution in [1.82, 2.24) is 0 Å². The summed E-state index contributed by atoms with van der Waals surface area (Å²) in [5.41, 5.74) is 6.52. The van der Waals surface area contributed by atoms with E-state index in [0.29, 0.717) is 36.1 Å². The predicted octanol–water partition coefficient (Wildman–Crippen LogP) is 1.52. The van der Waals surface area contributed by atoms with Gasteiger partial charge in [-0.1, -0.05) is 11.6 Å². The molecule has 86 valence electrons. The molecule has 1 atom stereocenters. The minimum absolute atomic E-state index is 0.124. The molecule has 1 unspecified atom stereocenters. The molecule has 1 fully saturated rings. The number of anilines is 1. The summed E-state index contributed by atoms with van der Waals surface area (Å²) in [7, 11) is 0. The van der Waals surface area contributed by atoms with Crippen LogP contribution in [0.4, 0.5) is 5.69 Å². The Labute approximate surface area is 98.3 Å². The Kier molecular flexibility index (Phi) is 3.43. The molecule has 1 heterocycles. The molecule has 16 heavy (non-hydrogen) atoms. The molecule has 0 spiro atoms. The van der Waals surface area contributed by atoms with E-state index in [1.165, 1.54) is 0 Å². The van der Waals surface area contributed by atoms with Gasteiger partial charge in [-0.15, -0.1) is 0 Å². The number of benzene rings is 1. The maximum Gasteiger partial charge on any atom is 0.193 e. The largest absolute Gasteiger partial charge is 0.398 e. The molecule has 1 aromatic carbocycles. The average molecular weight is 242 g/mol. The highest BCUT2D eigenvalue weighted by Crippen LogP contribution is 2.21. The number of halogens is 1. The molecule has 4 nitrogen and oxygen atoms in total. The lowest BCUT2D eigenvalue weighted by molar-refractivity contribution is -0.0719. The minimum atomic E-state index is -0.534. The molecule has 0 aliphatic carbocycles. The molecule has 1 aliphatic heterocycles. The van der Waals surface area contributed by atoms with Crippen LogP contribution in [0.3, 0.4) is 0 Å². The van der Waals surface area contributed by atoms with E-state index in [0.717, 1.165) is 0 Å². The van der Waals surface area contributed by atoms with Crippen molar-refractivity contribution in [2.45, 2.75) is 6.10 Å². The Hall–Kier alpha value is -1.10. The van der Waals surface area contributed by atoms with Gasteiger partial charge >= 0.3 is 0 Å². The highest BCUT2D eigenvalue weighted by Gasteiger charge is 2.24. The SMILES string of the molecule is Nc1ccc(C(=O)C2COCCO2)cc1Cl. The van der Waals surface area contributed by atoms with Crippen LogP contribution in [-0.4, -0.2) is 31.7 Å². The molecule has 1 aromatic rings. The van der Waals surface area contributed by atoms with Crippen LogP contribution in [0, 0.1) is 0 Å². The number of hydrogen-bond acceptors (Lipinski definition) is 4. The van der Waals surface area contributed by atoms with Crippen molar-refractivity contribution in [2.75, 3.05) is 25.6 Å². The van der Waals surface area contributed by atoms with Gasteiger partial charge in [0.15, 0.2) is 5.78 Å². The topological polar surface area (TPSA) is 61.6 Å². The second kappa shape index (κ2) is 4.82. The highest BCUT2D eigenvalue weighted by molar-refractivity contribution is 6.33. The molecule has 0 bridgehead atoms. The van der Waals surface area contributed by atoms with Crippen LogP contribution in [0.1, 0.15) is 10.4 Å². The van der Waals surface area contributed by atoms with E-state index in [2.05, 4.69) is 0 Å². The molecule has 5 heteroatoms. The number of hydrogen-bond donors (Lipinski definition) is 1. The molecular weight excluding hydrogens is 230 g/mol. The van der Waals surface area contributed by atoms with Gasteiger partial charge < -0.3 is 15.2 Å². The molecule has 2 rings (SSSR count). The van der Waals surface area contributed by atoms with Crippen molar-refractivity contribution in [1.29, 1.82) is 0 Å². The number of Topliss-reactive ketones (excluding diaryl/α,β-unsaturated/α-hetero) is 1. The van der Waals surface area contributed by atoms with Crippen LogP contribution >= 0.6 is 11.6 Å². The van der Waals surface area contributed by atoms with Crippen LogP contribution in [0.2, 0.25) is 5.02 Å². The van der Waals surface area contributed by atoms with Crippen LogP contribution < -0.4 is 5.73 Å². The maximum absolute atomic E-state index is 12.0. The number of ether oxygens (including phenoxy) is 2. The summed E-state index contributed by atoms with van der Waals surface area (Å²) in [5, 5.41) is 0.377. The summed E-state index contributed by atoms with van der Waals surface area (Å²) in [5.74, 6) is -0.124. The van der Waals surface area contributed by atoms with E-state index < -0.39 is 6.10 Å². The lowest BCUT2D eigenvalue weighted by Crippen LogP contribution is -2.35. The molecule has 0 saturated carbocycles. The summed E-state index contributed by atoms with van der Waals surface area (Å²) in [4.78, 5) is 12.0. The Morgan fingerprint density at radius 2 is 2.25 bits per heavy atom. The van der Waals surface area contributed by atoms with Crippen molar-refractivity contribution >= 4 is 23.1 Å². The lowest BCUT2D eigenvalue weighted by atomic mass is 10.1. The Morgan fingerprint density at radius 1 is 1.44 bits per heavy atom. The Balaban J connectivity index is 2.16. The smallest absolute Gasteiger partial charge is 0.193 e. The van der Waals surface area contributed by atoms with Gasteiger partial charge in [0.25, 0.3) is 0 Å². The number of carbonyl (C=O) groups is 1. The Morgan fingerprint density at radius 3 is 2.88 bits per heavy atom. The molecular formula is C11H12ClNO3. The van der Waals surface area contributed by atoms with E-state index in [-0.39, 0.29) is 5.78 Å². The molecule has 0 amide bonds. The van der Waals surface area contributed by atoms with Crippen molar-refractivity contribution in [3.05, 3.63) is 28.8 Å². The first-order chi connectivity index (χ1) is 7.68. The second-order valence-electron chi connectivity index (χ2n) is 3.53. The van der Waals surface area contributed by atoms with Crippen molar-refractivity contribution in [3.63, 3.8) is 0 Å². The zero-order valence-corrected chi connectivity index (χ0v) is 9.37. The average Bonchev–Trinajstić information content (AvgIpc) is 2.33. The normalized spacial score (nSPS) is 20.7. The van der Waals surface area contributed by atoms with E-state index in [1.807, 2.05) is 0 Å². The summed E-state index contributed by atoms with van der Waals surface area (Å²) in [6, 6.07) is 4.80. The van der Waals surface area contributed by atoms with Gasteiger partial charge in [0, 0.05) is 5.56 Å². The van der Waals surface area contributed by atoms with Crippen molar-refractivity contribution in [2.24, 2.45) is 0 Å². The van der Waals surface area contributed by atoms with E-state index in [1.54, 1.807) is 18.2 Å². The molecule has 1 aliphatic rings. The van der Waals surface area contributed by atoms with E-state index >= 15 is 0 Å². The summed E-state index contributed by atoms with van der Waals surface area (Å²) in [6.07, 6.45) is -0.534. The van der Waals surface area contributed by atoms with Gasteiger partial charge in [0.05, 0.1) is 30.5 Å². The zero-order valence-electron chi connectivity index (χ0n) is 8.61. The maximum atomic E-state index is 12.0. The first-order valence-electron chi connectivity index (χ1n) is 4.97. The van der Waals surface area contributed by atoms with Gasteiger partial charge in [-0.3, -0.25) is 4.79 Å². The summed E-state index contributed by atoms with van der Waals surface area (Å²) >= 11 is 5.85. The quantitative estimate of drug-likeness (QED) is 0.630. The first kappa shape index (κ1) is 11.4. The zero-order chi connectivity index (χ0) is 11.5. The number of nitrogens with two attached hydrogens (primary N) is 1. The third kappa shape index (κ3) is 2.35. The fraction of sp³-hybridized carbons (Fsp3) is 0.364. The van der Waals surface area contributed by atoms with Gasteiger partial charge in [0.2, 0.25) is 0 Å². The third-order valence-electron chi connectivity index (χ3n) is 2.39. The lowest BCUT2D eigenvalue weighted by Gasteiger charge is -2.21. The summed E-state index contributed by atoms with van der Waals surface area (Å²) < 4.78 is 10.5. The fourth-order valence-corrected chi connectivity index (χ4v) is 1.69. The minimum Gasteiger partial charge on any atom is -0.398 e. The summed E-state index contributed by atoms with van der Waals surface area (Å²) in [6.45, 7) is 1.27. The van der Waals surface area contributed by atoms with Crippen LogP contribution in [-0.2, 0) is 9.47 Å². The van der Waals surface area contributed by atoms with Gasteiger partial charge in [-0.2, -0.15) is 0 Å².